The smallest absolute Gasteiger partial charge is 0.212 e. The van der Waals surface area contributed by atoms with E-state index in [1.54, 1.807) is 0 Å². The zero-order valence-electron chi connectivity index (χ0n) is 13.9. The van der Waals surface area contributed by atoms with Crippen molar-refractivity contribution in [2.24, 2.45) is 5.92 Å². The van der Waals surface area contributed by atoms with Gasteiger partial charge in [-0.15, -0.1) is 0 Å². The van der Waals surface area contributed by atoms with Crippen LogP contribution in [0.1, 0.15) is 55.3 Å². The number of aryl methyl sites for hydroxylation is 2. The average molecular weight is 337 g/mol. The molecule has 3 rings (SSSR count). The van der Waals surface area contributed by atoms with E-state index in [4.69, 9.17) is 4.74 Å². The summed E-state index contributed by atoms with van der Waals surface area (Å²) in [4.78, 5) is 0. The summed E-state index contributed by atoms with van der Waals surface area (Å²) < 4.78 is 33.0. The molecule has 1 atom stereocenters. The normalized spacial score (nSPS) is 20.9. The van der Waals surface area contributed by atoms with Crippen LogP contribution in [0.3, 0.4) is 0 Å². The zero-order valence-corrected chi connectivity index (χ0v) is 14.7. The minimum absolute atomic E-state index is 0.174. The van der Waals surface area contributed by atoms with Crippen molar-refractivity contribution in [3.63, 3.8) is 0 Å². The van der Waals surface area contributed by atoms with Crippen LogP contribution >= 0.6 is 0 Å². The summed E-state index contributed by atoms with van der Waals surface area (Å²) in [5.41, 5.74) is 3.89. The van der Waals surface area contributed by atoms with E-state index in [0.717, 1.165) is 31.2 Å². The first kappa shape index (κ1) is 16.9. The quantitative estimate of drug-likeness (QED) is 0.899. The summed E-state index contributed by atoms with van der Waals surface area (Å²) in [6, 6.07) is 6.27. The third-order valence-corrected chi connectivity index (χ3v) is 6.65. The van der Waals surface area contributed by atoms with Crippen molar-refractivity contribution in [2.45, 2.75) is 51.5 Å². The Labute approximate surface area is 139 Å². The summed E-state index contributed by atoms with van der Waals surface area (Å²) in [6.45, 7) is 3.30. The SMILES string of the molecule is C[C@H](NS(=O)(=O)CC1CCOCC1)c1ccc2c(c1)CCCC2. The maximum absolute atomic E-state index is 12.4. The van der Waals surface area contributed by atoms with Crippen molar-refractivity contribution >= 4 is 10.0 Å². The second kappa shape index (κ2) is 7.32. The first-order valence-corrected chi connectivity index (χ1v) is 10.4. The molecule has 1 aromatic carbocycles. The number of benzene rings is 1. The number of nitrogens with one attached hydrogen (secondary N) is 1. The fraction of sp³-hybridized carbons (Fsp3) is 0.667. The van der Waals surface area contributed by atoms with Crippen LogP contribution in [0.15, 0.2) is 18.2 Å². The van der Waals surface area contributed by atoms with Crippen LogP contribution in [0.5, 0.6) is 0 Å². The van der Waals surface area contributed by atoms with Crippen LogP contribution < -0.4 is 4.72 Å². The molecule has 0 amide bonds. The van der Waals surface area contributed by atoms with E-state index >= 15 is 0 Å². The van der Waals surface area contributed by atoms with Gasteiger partial charge in [-0.3, -0.25) is 0 Å². The molecule has 0 unspecified atom stereocenters. The fourth-order valence-electron chi connectivity index (χ4n) is 3.63. The second-order valence-corrected chi connectivity index (χ2v) is 8.71. The molecule has 2 aliphatic rings. The van der Waals surface area contributed by atoms with Crippen LogP contribution in [-0.4, -0.2) is 27.4 Å². The third-order valence-electron chi connectivity index (χ3n) is 5.02. The molecule has 0 radical (unpaired) electrons. The Bertz CT molecular complexity index is 636. The van der Waals surface area contributed by atoms with Gasteiger partial charge in [0.15, 0.2) is 0 Å². The van der Waals surface area contributed by atoms with E-state index in [0.29, 0.717) is 13.2 Å². The van der Waals surface area contributed by atoms with E-state index in [2.05, 4.69) is 22.9 Å². The molecule has 0 aromatic heterocycles. The largest absolute Gasteiger partial charge is 0.381 e. The van der Waals surface area contributed by atoms with Gasteiger partial charge in [0.2, 0.25) is 10.0 Å². The highest BCUT2D eigenvalue weighted by molar-refractivity contribution is 7.89. The molecule has 5 heteroatoms. The van der Waals surface area contributed by atoms with Crippen LogP contribution in [0, 0.1) is 5.92 Å². The first-order valence-electron chi connectivity index (χ1n) is 8.73. The van der Waals surface area contributed by atoms with E-state index in [-0.39, 0.29) is 17.7 Å². The standard InChI is InChI=1S/C18H27NO3S/c1-14(17-7-6-16-4-2-3-5-18(16)12-17)19-23(20,21)13-15-8-10-22-11-9-15/h6-7,12,14-15,19H,2-5,8-11,13H2,1H3/t14-/m0/s1. The van der Waals surface area contributed by atoms with E-state index < -0.39 is 10.0 Å². The molecular weight excluding hydrogens is 310 g/mol. The highest BCUT2D eigenvalue weighted by atomic mass is 32.2. The van der Waals surface area contributed by atoms with Gasteiger partial charge in [0.05, 0.1) is 5.75 Å². The Hall–Kier alpha value is -0.910. The van der Waals surface area contributed by atoms with E-state index in [1.165, 1.54) is 24.0 Å². The van der Waals surface area contributed by atoms with Gasteiger partial charge in [-0.2, -0.15) is 0 Å². The average Bonchev–Trinajstić information content (AvgIpc) is 2.54. The minimum atomic E-state index is -3.26. The Morgan fingerprint density at radius 1 is 1.17 bits per heavy atom. The van der Waals surface area contributed by atoms with Gasteiger partial charge in [-0.1, -0.05) is 18.2 Å². The minimum Gasteiger partial charge on any atom is -0.381 e. The Morgan fingerprint density at radius 3 is 2.61 bits per heavy atom. The molecule has 0 saturated carbocycles. The summed E-state index contributed by atoms with van der Waals surface area (Å²) in [5, 5.41) is 0. The Balaban J connectivity index is 1.64. The fourth-order valence-corrected chi connectivity index (χ4v) is 5.36. The molecule has 0 bridgehead atoms. The molecule has 1 fully saturated rings. The van der Waals surface area contributed by atoms with Crippen molar-refractivity contribution < 1.29 is 13.2 Å². The summed E-state index contributed by atoms with van der Waals surface area (Å²) >= 11 is 0. The highest BCUT2D eigenvalue weighted by Gasteiger charge is 2.23. The lowest BCUT2D eigenvalue weighted by atomic mass is 9.89. The van der Waals surface area contributed by atoms with Gasteiger partial charge in [0, 0.05) is 19.3 Å². The van der Waals surface area contributed by atoms with Crippen LogP contribution in [0.2, 0.25) is 0 Å². The lowest BCUT2D eigenvalue weighted by molar-refractivity contribution is 0.0723. The lowest BCUT2D eigenvalue weighted by Crippen LogP contribution is -2.33. The maximum atomic E-state index is 12.4. The topological polar surface area (TPSA) is 55.4 Å². The molecule has 1 aromatic rings. The zero-order chi connectivity index (χ0) is 16.3. The monoisotopic (exact) mass is 337 g/mol. The molecule has 1 aliphatic carbocycles. The molecule has 1 heterocycles. The number of rotatable bonds is 5. The third kappa shape index (κ3) is 4.55. The van der Waals surface area contributed by atoms with Crippen molar-refractivity contribution in [3.05, 3.63) is 34.9 Å². The lowest BCUT2D eigenvalue weighted by Gasteiger charge is -2.24. The van der Waals surface area contributed by atoms with Crippen molar-refractivity contribution in [2.75, 3.05) is 19.0 Å². The number of sulfonamides is 1. The summed E-state index contributed by atoms with van der Waals surface area (Å²) in [7, 11) is -3.26. The predicted molar refractivity (Wildman–Crippen MR) is 92.0 cm³/mol. The Kier molecular flexibility index (Phi) is 5.39. The van der Waals surface area contributed by atoms with Gasteiger partial charge in [-0.25, -0.2) is 13.1 Å². The number of ether oxygens (including phenoxy) is 1. The molecule has 128 valence electrons. The van der Waals surface area contributed by atoms with Gasteiger partial charge in [0.25, 0.3) is 0 Å². The van der Waals surface area contributed by atoms with Gasteiger partial charge in [0.1, 0.15) is 0 Å². The van der Waals surface area contributed by atoms with Crippen LogP contribution in [0.25, 0.3) is 0 Å². The molecule has 1 saturated heterocycles. The number of hydrogen-bond donors (Lipinski definition) is 1. The Morgan fingerprint density at radius 2 is 1.87 bits per heavy atom. The van der Waals surface area contributed by atoms with Crippen molar-refractivity contribution in [3.8, 4) is 0 Å². The summed E-state index contributed by atoms with van der Waals surface area (Å²) in [5.74, 6) is 0.433. The number of hydrogen-bond acceptors (Lipinski definition) is 3. The number of fused-ring (bicyclic) bond motifs is 1. The molecule has 23 heavy (non-hydrogen) atoms. The summed E-state index contributed by atoms with van der Waals surface area (Å²) in [6.07, 6.45) is 6.45. The van der Waals surface area contributed by atoms with E-state index in [9.17, 15) is 8.42 Å². The molecule has 1 aliphatic heterocycles. The first-order chi connectivity index (χ1) is 11.0. The predicted octanol–water partition coefficient (Wildman–Crippen LogP) is 2.97. The van der Waals surface area contributed by atoms with Crippen molar-refractivity contribution in [1.82, 2.24) is 4.72 Å². The van der Waals surface area contributed by atoms with Crippen LogP contribution in [-0.2, 0) is 27.6 Å². The highest BCUT2D eigenvalue weighted by Crippen LogP contribution is 2.25. The second-order valence-electron chi connectivity index (χ2n) is 6.91. The van der Waals surface area contributed by atoms with Gasteiger partial charge >= 0.3 is 0 Å². The maximum Gasteiger partial charge on any atom is 0.212 e. The van der Waals surface area contributed by atoms with Gasteiger partial charge in [-0.05, 0) is 68.1 Å². The van der Waals surface area contributed by atoms with Gasteiger partial charge < -0.3 is 4.74 Å². The molecular formula is C18H27NO3S. The van der Waals surface area contributed by atoms with Crippen LogP contribution in [0.4, 0.5) is 0 Å². The molecule has 1 N–H and O–H groups in total. The molecule has 4 nitrogen and oxygen atoms in total. The molecule has 0 spiro atoms. The van der Waals surface area contributed by atoms with E-state index in [1.807, 2.05) is 6.92 Å². The van der Waals surface area contributed by atoms with Crippen molar-refractivity contribution in [1.29, 1.82) is 0 Å².